The van der Waals surface area contributed by atoms with Crippen molar-refractivity contribution in [2.75, 3.05) is 5.73 Å². The molecule has 0 fully saturated rings. The molecule has 1 heterocycles. The minimum atomic E-state index is -0.374. The Bertz CT molecular complexity index is 635. The predicted molar refractivity (Wildman–Crippen MR) is 64.6 cm³/mol. The van der Waals surface area contributed by atoms with E-state index in [-0.39, 0.29) is 23.0 Å². The number of anilines is 1. The monoisotopic (exact) mass is 243 g/mol. The maximum absolute atomic E-state index is 13.3. The summed E-state index contributed by atoms with van der Waals surface area (Å²) in [7, 11) is 0. The lowest BCUT2D eigenvalue weighted by atomic mass is 10.2. The molecule has 90 valence electrons. The summed E-state index contributed by atoms with van der Waals surface area (Å²) in [4.78, 5) is 3.90. The van der Waals surface area contributed by atoms with Crippen molar-refractivity contribution >= 4 is 5.69 Å². The van der Waals surface area contributed by atoms with Crippen LogP contribution in [0.2, 0.25) is 0 Å². The number of pyridine rings is 1. The summed E-state index contributed by atoms with van der Waals surface area (Å²) in [6, 6.07) is 7.82. The van der Waals surface area contributed by atoms with E-state index in [1.807, 2.05) is 6.07 Å². The van der Waals surface area contributed by atoms with Crippen LogP contribution < -0.4 is 10.5 Å². The van der Waals surface area contributed by atoms with E-state index in [0.717, 1.165) is 0 Å². The molecule has 0 saturated heterocycles. The molecule has 0 saturated carbocycles. The van der Waals surface area contributed by atoms with E-state index in [2.05, 4.69) is 4.98 Å². The smallest absolute Gasteiger partial charge is 0.237 e. The van der Waals surface area contributed by atoms with Gasteiger partial charge in [0.1, 0.15) is 23.2 Å². The Labute approximate surface area is 103 Å². The highest BCUT2D eigenvalue weighted by Crippen LogP contribution is 2.25. The van der Waals surface area contributed by atoms with Crippen LogP contribution >= 0.6 is 0 Å². The first kappa shape index (κ1) is 11.9. The standard InChI is InChI=1S/C13H10FN3O/c1-8-2-3-11(5-12(8)14)18-13-9(6-15)4-10(16)7-17-13/h2-5,7H,16H2,1H3. The van der Waals surface area contributed by atoms with Crippen molar-refractivity contribution in [2.45, 2.75) is 6.92 Å². The molecule has 0 unspecified atom stereocenters. The number of benzene rings is 1. The van der Waals surface area contributed by atoms with Crippen LogP contribution in [-0.4, -0.2) is 4.98 Å². The molecule has 2 aromatic rings. The highest BCUT2D eigenvalue weighted by Gasteiger charge is 2.08. The number of halogens is 1. The van der Waals surface area contributed by atoms with Crippen LogP contribution in [-0.2, 0) is 0 Å². The van der Waals surface area contributed by atoms with Gasteiger partial charge in [-0.3, -0.25) is 0 Å². The number of hydrogen-bond acceptors (Lipinski definition) is 4. The zero-order valence-electron chi connectivity index (χ0n) is 9.64. The van der Waals surface area contributed by atoms with E-state index in [0.29, 0.717) is 11.3 Å². The van der Waals surface area contributed by atoms with Crippen molar-refractivity contribution in [2.24, 2.45) is 0 Å². The minimum absolute atomic E-state index is 0.106. The van der Waals surface area contributed by atoms with E-state index < -0.39 is 0 Å². The fourth-order valence-corrected chi connectivity index (χ4v) is 1.38. The average Bonchev–Trinajstić information content (AvgIpc) is 2.36. The maximum atomic E-state index is 13.3. The normalized spacial score (nSPS) is 9.83. The van der Waals surface area contributed by atoms with Crippen LogP contribution in [0.1, 0.15) is 11.1 Å². The van der Waals surface area contributed by atoms with E-state index in [1.54, 1.807) is 19.1 Å². The lowest BCUT2D eigenvalue weighted by Gasteiger charge is -2.07. The van der Waals surface area contributed by atoms with Crippen molar-refractivity contribution in [3.63, 3.8) is 0 Å². The van der Waals surface area contributed by atoms with Crippen LogP contribution in [0.25, 0.3) is 0 Å². The molecule has 0 spiro atoms. The number of nitriles is 1. The SMILES string of the molecule is Cc1ccc(Oc2ncc(N)cc2C#N)cc1F. The Morgan fingerprint density at radius 2 is 2.17 bits per heavy atom. The molecule has 2 N–H and O–H groups in total. The topological polar surface area (TPSA) is 71.9 Å². The third-order valence-electron chi connectivity index (χ3n) is 2.35. The number of aromatic nitrogens is 1. The van der Waals surface area contributed by atoms with Crippen LogP contribution in [0.15, 0.2) is 30.5 Å². The Kier molecular flexibility index (Phi) is 3.11. The quantitative estimate of drug-likeness (QED) is 0.880. The van der Waals surface area contributed by atoms with Crippen molar-refractivity contribution in [3.8, 4) is 17.7 Å². The number of aryl methyl sites for hydroxylation is 1. The molecule has 0 radical (unpaired) electrons. The fraction of sp³-hybridized carbons (Fsp3) is 0.0769. The highest BCUT2D eigenvalue weighted by atomic mass is 19.1. The minimum Gasteiger partial charge on any atom is -0.438 e. The molecule has 0 amide bonds. The van der Waals surface area contributed by atoms with Crippen LogP contribution in [0, 0.1) is 24.1 Å². The van der Waals surface area contributed by atoms with Gasteiger partial charge in [0.2, 0.25) is 5.88 Å². The molecular weight excluding hydrogens is 233 g/mol. The van der Waals surface area contributed by atoms with Crippen LogP contribution in [0.5, 0.6) is 11.6 Å². The molecule has 5 heteroatoms. The Morgan fingerprint density at radius 3 is 2.83 bits per heavy atom. The summed E-state index contributed by atoms with van der Waals surface area (Å²) in [6.07, 6.45) is 1.38. The van der Waals surface area contributed by atoms with E-state index >= 15 is 0 Å². The second-order valence-electron chi connectivity index (χ2n) is 3.75. The second kappa shape index (κ2) is 4.72. The molecule has 1 aromatic heterocycles. The Hall–Kier alpha value is -2.61. The first-order valence-electron chi connectivity index (χ1n) is 5.20. The zero-order valence-corrected chi connectivity index (χ0v) is 9.64. The van der Waals surface area contributed by atoms with Gasteiger partial charge in [-0.2, -0.15) is 5.26 Å². The van der Waals surface area contributed by atoms with Gasteiger partial charge in [-0.1, -0.05) is 6.07 Å². The predicted octanol–water partition coefficient (Wildman–Crippen LogP) is 2.78. The third-order valence-corrected chi connectivity index (χ3v) is 2.35. The molecule has 1 aromatic carbocycles. The summed E-state index contributed by atoms with van der Waals surface area (Å²) in [5.41, 5.74) is 6.61. The summed E-state index contributed by atoms with van der Waals surface area (Å²) in [5, 5.41) is 8.92. The molecule has 18 heavy (non-hydrogen) atoms. The summed E-state index contributed by atoms with van der Waals surface area (Å²) in [5.74, 6) is 0.0169. The zero-order chi connectivity index (χ0) is 13.1. The molecule has 4 nitrogen and oxygen atoms in total. The van der Waals surface area contributed by atoms with Gasteiger partial charge in [-0.25, -0.2) is 9.37 Å². The summed E-state index contributed by atoms with van der Waals surface area (Å²) in [6.45, 7) is 1.65. The van der Waals surface area contributed by atoms with Crippen LogP contribution in [0.3, 0.4) is 0 Å². The number of rotatable bonds is 2. The molecule has 0 aliphatic rings. The molecule has 0 aliphatic heterocycles. The van der Waals surface area contributed by atoms with Gasteiger partial charge in [0, 0.05) is 6.07 Å². The van der Waals surface area contributed by atoms with E-state index in [4.69, 9.17) is 15.7 Å². The second-order valence-corrected chi connectivity index (χ2v) is 3.75. The fourth-order valence-electron chi connectivity index (χ4n) is 1.38. The lowest BCUT2D eigenvalue weighted by Crippen LogP contribution is -1.95. The number of hydrogen-bond donors (Lipinski definition) is 1. The van der Waals surface area contributed by atoms with Crippen molar-refractivity contribution in [1.82, 2.24) is 4.98 Å². The van der Waals surface area contributed by atoms with Gasteiger partial charge < -0.3 is 10.5 Å². The molecule has 0 atom stereocenters. The first-order valence-corrected chi connectivity index (χ1v) is 5.20. The van der Waals surface area contributed by atoms with E-state index in [9.17, 15) is 4.39 Å². The first-order chi connectivity index (χ1) is 8.60. The summed E-state index contributed by atoms with van der Waals surface area (Å²) < 4.78 is 18.7. The third kappa shape index (κ3) is 2.38. The van der Waals surface area contributed by atoms with E-state index in [1.165, 1.54) is 18.3 Å². The van der Waals surface area contributed by atoms with Crippen molar-refractivity contribution in [3.05, 3.63) is 47.4 Å². The number of nitrogens with zero attached hydrogens (tertiary/aromatic N) is 2. The number of nitrogen functional groups attached to an aromatic ring is 1. The Morgan fingerprint density at radius 1 is 1.39 bits per heavy atom. The van der Waals surface area contributed by atoms with Crippen molar-refractivity contribution < 1.29 is 9.13 Å². The molecule has 2 rings (SSSR count). The molecule has 0 bridgehead atoms. The highest BCUT2D eigenvalue weighted by molar-refractivity contribution is 5.49. The van der Waals surface area contributed by atoms with Gasteiger partial charge >= 0.3 is 0 Å². The summed E-state index contributed by atoms with van der Waals surface area (Å²) >= 11 is 0. The van der Waals surface area contributed by atoms with Gasteiger partial charge in [0.25, 0.3) is 0 Å². The largest absolute Gasteiger partial charge is 0.438 e. The maximum Gasteiger partial charge on any atom is 0.237 e. The van der Waals surface area contributed by atoms with Crippen LogP contribution in [0.4, 0.5) is 10.1 Å². The average molecular weight is 243 g/mol. The van der Waals surface area contributed by atoms with Gasteiger partial charge in [0.15, 0.2) is 0 Å². The van der Waals surface area contributed by atoms with Gasteiger partial charge in [-0.05, 0) is 24.6 Å². The molecule has 0 aliphatic carbocycles. The Balaban J connectivity index is 2.34. The molecular formula is C13H10FN3O. The lowest BCUT2D eigenvalue weighted by molar-refractivity contribution is 0.456. The van der Waals surface area contributed by atoms with Crippen molar-refractivity contribution in [1.29, 1.82) is 5.26 Å². The number of nitrogens with two attached hydrogens (primary N) is 1. The van der Waals surface area contributed by atoms with Gasteiger partial charge in [-0.15, -0.1) is 0 Å². The number of ether oxygens (including phenoxy) is 1. The van der Waals surface area contributed by atoms with Gasteiger partial charge in [0.05, 0.1) is 11.9 Å².